The van der Waals surface area contributed by atoms with Crippen LogP contribution in [-0.2, 0) is 10.0 Å². The molecular weight excluding hydrogens is 362 g/mol. The quantitative estimate of drug-likeness (QED) is 0.798. The van der Waals surface area contributed by atoms with Crippen molar-refractivity contribution in [2.75, 3.05) is 22.7 Å². The first-order valence-corrected chi connectivity index (χ1v) is 10.6. The van der Waals surface area contributed by atoms with Crippen LogP contribution in [0.15, 0.2) is 53.4 Å². The molecule has 1 fully saturated rings. The maximum Gasteiger partial charge on any atom is 0.261 e. The van der Waals surface area contributed by atoms with E-state index in [0.717, 1.165) is 18.8 Å². The average molecular weight is 388 g/mol. The molecule has 0 atom stereocenters. The van der Waals surface area contributed by atoms with E-state index in [1.54, 1.807) is 24.3 Å². The Morgan fingerprint density at radius 2 is 1.70 bits per heavy atom. The van der Waals surface area contributed by atoms with Gasteiger partial charge >= 0.3 is 0 Å². The molecule has 0 spiro atoms. The summed E-state index contributed by atoms with van der Waals surface area (Å²) in [5, 5.41) is 2.76. The smallest absolute Gasteiger partial charge is 0.261 e. The summed E-state index contributed by atoms with van der Waals surface area (Å²) in [6.45, 7) is 5.78. The highest BCUT2D eigenvalue weighted by molar-refractivity contribution is 7.92. The van der Waals surface area contributed by atoms with Crippen molar-refractivity contribution in [3.05, 3.63) is 54.1 Å². The zero-order chi connectivity index (χ0) is 19.4. The van der Waals surface area contributed by atoms with Crippen molar-refractivity contribution >= 4 is 27.3 Å². The highest BCUT2D eigenvalue weighted by atomic mass is 32.2. The van der Waals surface area contributed by atoms with Crippen LogP contribution in [-0.4, -0.2) is 33.5 Å². The Bertz CT molecular complexity index is 902. The highest BCUT2D eigenvalue weighted by Gasteiger charge is 2.17. The number of carbonyl (C=O) groups is 1. The Morgan fingerprint density at radius 1 is 1.04 bits per heavy atom. The molecule has 1 amide bonds. The number of nitrogens with zero attached hydrogens (tertiary/aromatic N) is 1. The molecule has 2 N–H and O–H groups in total. The number of anilines is 2. The van der Waals surface area contributed by atoms with Crippen LogP contribution in [0.2, 0.25) is 0 Å². The van der Waals surface area contributed by atoms with Crippen molar-refractivity contribution in [1.29, 1.82) is 0 Å². The van der Waals surface area contributed by atoms with Crippen molar-refractivity contribution in [2.24, 2.45) is 0 Å². The largest absolute Gasteiger partial charge is 0.372 e. The number of carbonyl (C=O) groups excluding carboxylic acids is 1. The summed E-state index contributed by atoms with van der Waals surface area (Å²) < 4.78 is 28.0. The fourth-order valence-corrected chi connectivity index (χ4v) is 4.18. The van der Waals surface area contributed by atoms with Gasteiger partial charge in [0.05, 0.1) is 4.90 Å². The normalized spacial score (nSPS) is 14.4. The lowest BCUT2D eigenvalue weighted by Crippen LogP contribution is -2.30. The summed E-state index contributed by atoms with van der Waals surface area (Å²) in [4.78, 5) is 14.5. The second-order valence-electron chi connectivity index (χ2n) is 7.00. The van der Waals surface area contributed by atoms with Crippen LogP contribution in [0.1, 0.15) is 37.0 Å². The summed E-state index contributed by atoms with van der Waals surface area (Å²) in [6.07, 6.45) is 2.38. The standard InChI is InChI=1S/C20H25N3O3S/c1-15(2)21-20(24)16-6-5-7-19(14-16)27(25,26)22-17-8-10-18(11-9-17)23-12-3-4-13-23/h5-11,14-15,22H,3-4,12-13H2,1-2H3,(H,21,24). The molecule has 1 heterocycles. The Kier molecular flexibility index (Phi) is 5.70. The lowest BCUT2D eigenvalue weighted by molar-refractivity contribution is 0.0943. The minimum absolute atomic E-state index is 0.0231. The molecular formula is C20H25N3O3S. The molecule has 0 radical (unpaired) electrons. The van der Waals surface area contributed by atoms with Gasteiger partial charge in [0.1, 0.15) is 0 Å². The average Bonchev–Trinajstić information content (AvgIpc) is 3.16. The van der Waals surface area contributed by atoms with E-state index in [0.29, 0.717) is 11.3 Å². The number of benzene rings is 2. The Hall–Kier alpha value is -2.54. The van der Waals surface area contributed by atoms with Gasteiger partial charge in [-0.25, -0.2) is 8.42 Å². The molecule has 144 valence electrons. The third kappa shape index (κ3) is 4.80. The monoisotopic (exact) mass is 387 g/mol. The molecule has 7 heteroatoms. The highest BCUT2D eigenvalue weighted by Crippen LogP contribution is 2.23. The molecule has 1 saturated heterocycles. The predicted molar refractivity (Wildman–Crippen MR) is 108 cm³/mol. The van der Waals surface area contributed by atoms with Gasteiger partial charge in [0.25, 0.3) is 15.9 Å². The maximum atomic E-state index is 12.7. The molecule has 0 aromatic heterocycles. The molecule has 1 aliphatic rings. The molecule has 6 nitrogen and oxygen atoms in total. The molecule has 0 unspecified atom stereocenters. The van der Waals surface area contributed by atoms with Gasteiger partial charge in [-0.1, -0.05) is 6.07 Å². The first-order chi connectivity index (χ1) is 12.8. The number of hydrogen-bond donors (Lipinski definition) is 2. The van der Waals surface area contributed by atoms with E-state index in [1.807, 2.05) is 26.0 Å². The number of rotatable bonds is 6. The van der Waals surface area contributed by atoms with Gasteiger partial charge in [-0.15, -0.1) is 0 Å². The summed E-state index contributed by atoms with van der Waals surface area (Å²) in [5.74, 6) is -0.294. The summed E-state index contributed by atoms with van der Waals surface area (Å²) >= 11 is 0. The first kappa shape index (κ1) is 19.2. The zero-order valence-electron chi connectivity index (χ0n) is 15.6. The third-order valence-electron chi connectivity index (χ3n) is 4.42. The van der Waals surface area contributed by atoms with E-state index in [-0.39, 0.29) is 16.8 Å². The lowest BCUT2D eigenvalue weighted by atomic mass is 10.2. The second-order valence-corrected chi connectivity index (χ2v) is 8.68. The van der Waals surface area contributed by atoms with Crippen LogP contribution in [0.5, 0.6) is 0 Å². The third-order valence-corrected chi connectivity index (χ3v) is 5.80. The van der Waals surface area contributed by atoms with E-state index in [1.165, 1.54) is 25.0 Å². The molecule has 3 rings (SSSR count). The number of amides is 1. The van der Waals surface area contributed by atoms with Gasteiger partial charge < -0.3 is 10.2 Å². The SMILES string of the molecule is CC(C)NC(=O)c1cccc(S(=O)(=O)Nc2ccc(N3CCCC3)cc2)c1. The topological polar surface area (TPSA) is 78.5 Å². The van der Waals surface area contributed by atoms with E-state index in [9.17, 15) is 13.2 Å². The van der Waals surface area contributed by atoms with Crippen molar-refractivity contribution in [2.45, 2.75) is 37.6 Å². The molecule has 2 aromatic rings. The predicted octanol–water partition coefficient (Wildman–Crippen LogP) is 3.23. The molecule has 0 aliphatic carbocycles. The number of sulfonamides is 1. The van der Waals surface area contributed by atoms with Gasteiger partial charge in [-0.2, -0.15) is 0 Å². The minimum Gasteiger partial charge on any atom is -0.372 e. The Balaban J connectivity index is 1.75. The van der Waals surface area contributed by atoms with Crippen LogP contribution in [0.25, 0.3) is 0 Å². The van der Waals surface area contributed by atoms with Crippen LogP contribution < -0.4 is 14.9 Å². The van der Waals surface area contributed by atoms with E-state index >= 15 is 0 Å². The van der Waals surface area contributed by atoms with Crippen molar-refractivity contribution in [3.8, 4) is 0 Å². The molecule has 0 bridgehead atoms. The van der Waals surface area contributed by atoms with Gasteiger partial charge in [0.15, 0.2) is 0 Å². The fourth-order valence-electron chi connectivity index (χ4n) is 3.08. The van der Waals surface area contributed by atoms with Crippen LogP contribution in [0.4, 0.5) is 11.4 Å². The lowest BCUT2D eigenvalue weighted by Gasteiger charge is -2.18. The van der Waals surface area contributed by atoms with Gasteiger partial charge in [0.2, 0.25) is 0 Å². The van der Waals surface area contributed by atoms with Crippen molar-refractivity contribution in [1.82, 2.24) is 5.32 Å². The van der Waals surface area contributed by atoms with Crippen LogP contribution in [0.3, 0.4) is 0 Å². The maximum absolute atomic E-state index is 12.7. The molecule has 2 aromatic carbocycles. The summed E-state index contributed by atoms with van der Waals surface area (Å²) in [6, 6.07) is 13.4. The Labute approximate surface area is 160 Å². The van der Waals surface area contributed by atoms with Gasteiger partial charge in [-0.3, -0.25) is 9.52 Å². The van der Waals surface area contributed by atoms with Gasteiger partial charge in [0, 0.05) is 36.1 Å². The number of hydrogen-bond acceptors (Lipinski definition) is 4. The molecule has 27 heavy (non-hydrogen) atoms. The molecule has 0 saturated carbocycles. The molecule has 1 aliphatic heterocycles. The van der Waals surface area contributed by atoms with E-state index < -0.39 is 10.0 Å². The van der Waals surface area contributed by atoms with E-state index in [2.05, 4.69) is 14.9 Å². The van der Waals surface area contributed by atoms with Gasteiger partial charge in [-0.05, 0) is 69.2 Å². The van der Waals surface area contributed by atoms with Crippen LogP contribution in [0, 0.1) is 0 Å². The second kappa shape index (κ2) is 8.00. The zero-order valence-corrected chi connectivity index (χ0v) is 16.4. The number of nitrogens with one attached hydrogen (secondary N) is 2. The van der Waals surface area contributed by atoms with Crippen molar-refractivity contribution < 1.29 is 13.2 Å². The Morgan fingerprint density at radius 3 is 2.33 bits per heavy atom. The van der Waals surface area contributed by atoms with Crippen LogP contribution >= 0.6 is 0 Å². The first-order valence-electron chi connectivity index (χ1n) is 9.14. The van der Waals surface area contributed by atoms with E-state index in [4.69, 9.17) is 0 Å². The summed E-state index contributed by atoms with van der Waals surface area (Å²) in [5.41, 5.74) is 1.91. The minimum atomic E-state index is -3.77. The van der Waals surface area contributed by atoms with Crippen molar-refractivity contribution in [3.63, 3.8) is 0 Å². The summed E-state index contributed by atoms with van der Waals surface area (Å²) in [7, 11) is -3.77. The fraction of sp³-hybridized carbons (Fsp3) is 0.350.